The highest BCUT2D eigenvalue weighted by Gasteiger charge is 2.11. The van der Waals surface area contributed by atoms with Crippen molar-refractivity contribution < 1.29 is 9.66 Å². The van der Waals surface area contributed by atoms with Crippen LogP contribution < -0.4 is 10.1 Å². The normalized spacial score (nSPS) is 10.2. The maximum absolute atomic E-state index is 10.9. The first kappa shape index (κ1) is 14.3. The Morgan fingerprint density at radius 1 is 1.50 bits per heavy atom. The summed E-state index contributed by atoms with van der Waals surface area (Å²) in [5.41, 5.74) is -0.0259. The summed E-state index contributed by atoms with van der Waals surface area (Å²) in [4.78, 5) is 15.8. The minimum Gasteiger partial charge on any atom is -0.477 e. The summed E-state index contributed by atoms with van der Waals surface area (Å²) in [5, 5.41) is 15.8. The number of rotatable bonds is 7. The molecule has 0 spiro atoms. The van der Waals surface area contributed by atoms with Crippen molar-refractivity contribution in [3.8, 4) is 5.88 Å². The summed E-state index contributed by atoms with van der Waals surface area (Å²) in [6.45, 7) is 2.99. The fourth-order valence-corrected chi connectivity index (χ4v) is 2.34. The SMILES string of the molecule is CCNc1cc([N+](=O)[O-])cc(OCCc2cccs2)n1. The summed E-state index contributed by atoms with van der Waals surface area (Å²) in [7, 11) is 0. The van der Waals surface area contributed by atoms with Gasteiger partial charge in [0.25, 0.3) is 5.69 Å². The zero-order chi connectivity index (χ0) is 14.4. The number of pyridine rings is 1. The lowest BCUT2D eigenvalue weighted by molar-refractivity contribution is -0.384. The van der Waals surface area contributed by atoms with Gasteiger partial charge in [0, 0.05) is 17.8 Å². The number of ether oxygens (including phenoxy) is 1. The van der Waals surface area contributed by atoms with Crippen LogP contribution in [0.15, 0.2) is 29.6 Å². The molecule has 0 atom stereocenters. The van der Waals surface area contributed by atoms with Crippen LogP contribution in [0.25, 0.3) is 0 Å². The quantitative estimate of drug-likeness (QED) is 0.627. The maximum Gasteiger partial charge on any atom is 0.278 e. The van der Waals surface area contributed by atoms with Gasteiger partial charge >= 0.3 is 0 Å². The summed E-state index contributed by atoms with van der Waals surface area (Å²) >= 11 is 1.66. The zero-order valence-corrected chi connectivity index (χ0v) is 11.9. The molecular formula is C13H15N3O3S. The van der Waals surface area contributed by atoms with E-state index in [-0.39, 0.29) is 11.6 Å². The van der Waals surface area contributed by atoms with Crippen molar-refractivity contribution in [3.05, 3.63) is 44.6 Å². The molecule has 7 heteroatoms. The van der Waals surface area contributed by atoms with Gasteiger partial charge in [-0.1, -0.05) is 6.07 Å². The number of aromatic nitrogens is 1. The summed E-state index contributed by atoms with van der Waals surface area (Å²) in [5.74, 6) is 0.722. The van der Waals surface area contributed by atoms with Crippen LogP contribution in [0.2, 0.25) is 0 Å². The molecule has 2 aromatic heterocycles. The Morgan fingerprint density at radius 3 is 3.00 bits per heavy atom. The monoisotopic (exact) mass is 293 g/mol. The minimum atomic E-state index is -0.450. The standard InChI is InChI=1S/C13H15N3O3S/c1-2-14-12-8-10(16(17)18)9-13(15-12)19-6-5-11-4-3-7-20-11/h3-4,7-9H,2,5-6H2,1H3,(H,14,15). The first-order valence-electron chi connectivity index (χ1n) is 6.24. The molecule has 0 saturated heterocycles. The number of anilines is 1. The first-order valence-corrected chi connectivity index (χ1v) is 7.12. The molecule has 1 N–H and O–H groups in total. The molecule has 0 aliphatic heterocycles. The predicted molar refractivity (Wildman–Crippen MR) is 78.6 cm³/mol. The molecule has 0 amide bonds. The molecule has 0 aliphatic rings. The van der Waals surface area contributed by atoms with E-state index in [9.17, 15) is 10.1 Å². The molecule has 0 radical (unpaired) electrons. The van der Waals surface area contributed by atoms with Crippen LogP contribution in [0.3, 0.4) is 0 Å². The Morgan fingerprint density at radius 2 is 2.35 bits per heavy atom. The van der Waals surface area contributed by atoms with Gasteiger partial charge in [0.15, 0.2) is 0 Å². The lowest BCUT2D eigenvalue weighted by Crippen LogP contribution is -2.05. The van der Waals surface area contributed by atoms with Gasteiger partial charge in [0.05, 0.1) is 23.7 Å². The van der Waals surface area contributed by atoms with Crippen molar-refractivity contribution in [2.45, 2.75) is 13.3 Å². The topological polar surface area (TPSA) is 77.3 Å². The van der Waals surface area contributed by atoms with E-state index in [1.807, 2.05) is 24.4 Å². The average molecular weight is 293 g/mol. The number of hydrogen-bond acceptors (Lipinski definition) is 6. The van der Waals surface area contributed by atoms with Gasteiger partial charge < -0.3 is 10.1 Å². The van der Waals surface area contributed by atoms with E-state index in [1.54, 1.807) is 11.3 Å². The Kier molecular flexibility index (Phi) is 4.89. The molecule has 0 fully saturated rings. The number of nitro groups is 1. The van der Waals surface area contributed by atoms with Crippen molar-refractivity contribution in [1.29, 1.82) is 0 Å². The van der Waals surface area contributed by atoms with Crippen molar-refractivity contribution >= 4 is 22.8 Å². The molecule has 2 aromatic rings. The number of thiophene rings is 1. The van der Waals surface area contributed by atoms with Crippen LogP contribution in [-0.4, -0.2) is 23.1 Å². The van der Waals surface area contributed by atoms with E-state index >= 15 is 0 Å². The summed E-state index contributed by atoms with van der Waals surface area (Å²) < 4.78 is 5.51. The number of hydrogen-bond donors (Lipinski definition) is 1. The highest BCUT2D eigenvalue weighted by Crippen LogP contribution is 2.22. The minimum absolute atomic E-state index is 0.0259. The molecule has 0 unspecified atom stereocenters. The van der Waals surface area contributed by atoms with Gasteiger partial charge in [0.1, 0.15) is 5.82 Å². The van der Waals surface area contributed by atoms with Crippen LogP contribution in [-0.2, 0) is 6.42 Å². The van der Waals surface area contributed by atoms with Crippen molar-refractivity contribution in [1.82, 2.24) is 4.98 Å². The second kappa shape index (κ2) is 6.85. The highest BCUT2D eigenvalue weighted by molar-refractivity contribution is 7.09. The van der Waals surface area contributed by atoms with Crippen LogP contribution in [0, 0.1) is 10.1 Å². The lowest BCUT2D eigenvalue weighted by Gasteiger charge is -2.07. The fourth-order valence-electron chi connectivity index (χ4n) is 1.65. The Labute approximate surface area is 120 Å². The van der Waals surface area contributed by atoms with Gasteiger partial charge in [-0.2, -0.15) is 4.98 Å². The average Bonchev–Trinajstić information content (AvgIpc) is 2.92. The smallest absolute Gasteiger partial charge is 0.278 e. The predicted octanol–water partition coefficient (Wildman–Crippen LogP) is 3.10. The van der Waals surface area contributed by atoms with E-state index < -0.39 is 4.92 Å². The van der Waals surface area contributed by atoms with Gasteiger partial charge in [-0.15, -0.1) is 11.3 Å². The summed E-state index contributed by atoms with van der Waals surface area (Å²) in [6, 6.07) is 6.75. The number of nitrogens with zero attached hydrogens (tertiary/aromatic N) is 2. The van der Waals surface area contributed by atoms with E-state index in [0.29, 0.717) is 19.0 Å². The molecule has 2 heterocycles. The Bertz CT molecular complexity index is 572. The zero-order valence-electron chi connectivity index (χ0n) is 11.0. The van der Waals surface area contributed by atoms with Gasteiger partial charge in [-0.25, -0.2) is 0 Å². The van der Waals surface area contributed by atoms with E-state index in [0.717, 1.165) is 6.42 Å². The molecule has 2 rings (SSSR count). The molecule has 6 nitrogen and oxygen atoms in total. The Hall–Kier alpha value is -2.15. The van der Waals surface area contributed by atoms with Gasteiger partial charge in [-0.05, 0) is 18.4 Å². The van der Waals surface area contributed by atoms with Crippen LogP contribution in [0.5, 0.6) is 5.88 Å². The summed E-state index contributed by atoms with van der Waals surface area (Å²) in [6.07, 6.45) is 0.762. The second-order valence-corrected chi connectivity index (χ2v) is 5.05. The molecule has 0 bridgehead atoms. The fraction of sp³-hybridized carbons (Fsp3) is 0.308. The molecular weight excluding hydrogens is 278 g/mol. The van der Waals surface area contributed by atoms with Gasteiger partial charge in [-0.3, -0.25) is 10.1 Å². The second-order valence-electron chi connectivity index (χ2n) is 4.01. The van der Waals surface area contributed by atoms with E-state index in [4.69, 9.17) is 4.74 Å². The van der Waals surface area contributed by atoms with Gasteiger partial charge in [0.2, 0.25) is 5.88 Å². The van der Waals surface area contributed by atoms with Crippen LogP contribution in [0.1, 0.15) is 11.8 Å². The lowest BCUT2D eigenvalue weighted by atomic mass is 10.3. The molecule has 106 valence electrons. The largest absolute Gasteiger partial charge is 0.477 e. The van der Waals surface area contributed by atoms with Crippen molar-refractivity contribution in [2.75, 3.05) is 18.5 Å². The third-order valence-electron chi connectivity index (χ3n) is 2.53. The molecule has 0 aromatic carbocycles. The van der Waals surface area contributed by atoms with Crippen molar-refractivity contribution in [3.63, 3.8) is 0 Å². The first-order chi connectivity index (χ1) is 9.69. The van der Waals surface area contributed by atoms with Crippen molar-refractivity contribution in [2.24, 2.45) is 0 Å². The Balaban J connectivity index is 2.03. The van der Waals surface area contributed by atoms with E-state index in [1.165, 1.54) is 17.0 Å². The number of nitrogens with one attached hydrogen (secondary N) is 1. The third-order valence-corrected chi connectivity index (χ3v) is 3.47. The van der Waals surface area contributed by atoms with E-state index in [2.05, 4.69) is 10.3 Å². The molecule has 0 saturated carbocycles. The molecule has 20 heavy (non-hydrogen) atoms. The van der Waals surface area contributed by atoms with Crippen LogP contribution in [0.4, 0.5) is 11.5 Å². The molecule has 0 aliphatic carbocycles. The maximum atomic E-state index is 10.9. The highest BCUT2D eigenvalue weighted by atomic mass is 32.1. The third kappa shape index (κ3) is 3.92. The van der Waals surface area contributed by atoms with Crippen LogP contribution >= 0.6 is 11.3 Å².